The van der Waals surface area contributed by atoms with Gasteiger partial charge < -0.3 is 10.1 Å². The summed E-state index contributed by atoms with van der Waals surface area (Å²) >= 11 is 0. The highest BCUT2D eigenvalue weighted by atomic mass is 16.5. The van der Waals surface area contributed by atoms with Gasteiger partial charge in [-0.15, -0.1) is 0 Å². The first-order chi connectivity index (χ1) is 7.83. The first-order valence-electron chi connectivity index (χ1n) is 6.00. The normalized spacial score (nSPS) is 23.7. The van der Waals surface area contributed by atoms with Crippen LogP contribution in [-0.4, -0.2) is 22.7 Å². The third-order valence-electron chi connectivity index (χ3n) is 3.37. The van der Waals surface area contributed by atoms with Crippen molar-refractivity contribution >= 4 is 0 Å². The second-order valence-corrected chi connectivity index (χ2v) is 4.59. The molecule has 0 saturated carbocycles. The van der Waals surface area contributed by atoms with Gasteiger partial charge in [0.05, 0.1) is 11.8 Å². The summed E-state index contributed by atoms with van der Waals surface area (Å²) in [6, 6.07) is 0. The number of rotatable bonds is 2. The van der Waals surface area contributed by atoms with E-state index in [0.717, 1.165) is 44.1 Å². The number of fused-ring (bicyclic) bond motifs is 1. The maximum absolute atomic E-state index is 5.62. The summed E-state index contributed by atoms with van der Waals surface area (Å²) in [5, 5.41) is 3.32. The molecule has 1 aromatic heterocycles. The zero-order valence-corrected chi connectivity index (χ0v) is 9.62. The molecule has 1 aromatic rings. The fourth-order valence-electron chi connectivity index (χ4n) is 2.50. The topological polar surface area (TPSA) is 47.0 Å². The van der Waals surface area contributed by atoms with Gasteiger partial charge in [-0.25, -0.2) is 9.97 Å². The predicted molar refractivity (Wildman–Crippen MR) is 60.0 cm³/mol. The molecule has 1 N–H and O–H groups in total. The van der Waals surface area contributed by atoms with E-state index in [-0.39, 0.29) is 0 Å². The van der Waals surface area contributed by atoms with Gasteiger partial charge >= 0.3 is 0 Å². The van der Waals surface area contributed by atoms with Gasteiger partial charge in [-0.1, -0.05) is 0 Å². The van der Waals surface area contributed by atoms with Gasteiger partial charge in [0, 0.05) is 37.4 Å². The van der Waals surface area contributed by atoms with Crippen LogP contribution < -0.4 is 5.32 Å². The molecule has 0 amide bonds. The highest BCUT2D eigenvalue weighted by Crippen LogP contribution is 2.19. The smallest absolute Gasteiger partial charge is 0.131 e. The van der Waals surface area contributed by atoms with Crippen molar-refractivity contribution in [1.82, 2.24) is 15.3 Å². The van der Waals surface area contributed by atoms with Crippen molar-refractivity contribution in [3.8, 4) is 0 Å². The van der Waals surface area contributed by atoms with E-state index in [4.69, 9.17) is 4.74 Å². The fourth-order valence-corrected chi connectivity index (χ4v) is 2.50. The zero-order valence-electron chi connectivity index (χ0n) is 9.62. The Bertz CT molecular complexity index is 399. The van der Waals surface area contributed by atoms with E-state index < -0.39 is 0 Å². The molecule has 3 rings (SSSR count). The number of ether oxygens (including phenoxy) is 1. The first-order valence-corrected chi connectivity index (χ1v) is 6.00. The van der Waals surface area contributed by atoms with Crippen molar-refractivity contribution in [3.05, 3.63) is 22.8 Å². The molecule has 16 heavy (non-hydrogen) atoms. The molecule has 2 aliphatic heterocycles. The molecule has 4 heteroatoms. The minimum absolute atomic E-state index is 0.340. The van der Waals surface area contributed by atoms with E-state index in [2.05, 4.69) is 22.2 Å². The van der Waals surface area contributed by atoms with Crippen LogP contribution in [0, 0.1) is 6.92 Å². The lowest BCUT2D eigenvalue weighted by atomic mass is 10.1. The monoisotopic (exact) mass is 219 g/mol. The summed E-state index contributed by atoms with van der Waals surface area (Å²) in [7, 11) is 0. The average Bonchev–Trinajstić information content (AvgIpc) is 2.87. The van der Waals surface area contributed by atoms with Crippen LogP contribution in [0.4, 0.5) is 0 Å². The molecule has 0 aromatic carbocycles. The summed E-state index contributed by atoms with van der Waals surface area (Å²) in [4.78, 5) is 9.20. The third-order valence-corrected chi connectivity index (χ3v) is 3.37. The second kappa shape index (κ2) is 4.11. The Hall–Kier alpha value is -1.00. The quantitative estimate of drug-likeness (QED) is 0.809. The highest BCUT2D eigenvalue weighted by molar-refractivity contribution is 5.28. The van der Waals surface area contributed by atoms with Crippen molar-refractivity contribution < 1.29 is 4.74 Å². The molecule has 1 fully saturated rings. The Morgan fingerprint density at radius 2 is 2.31 bits per heavy atom. The highest BCUT2D eigenvalue weighted by Gasteiger charge is 2.20. The zero-order chi connectivity index (χ0) is 11.0. The van der Waals surface area contributed by atoms with Crippen LogP contribution >= 0.6 is 0 Å². The predicted octanol–water partition coefficient (Wildman–Crippen LogP) is 1.11. The molecule has 1 unspecified atom stereocenters. The number of nitrogens with zero attached hydrogens (tertiary/aromatic N) is 2. The van der Waals surface area contributed by atoms with E-state index >= 15 is 0 Å². The molecule has 0 bridgehead atoms. The molecule has 0 aliphatic carbocycles. The van der Waals surface area contributed by atoms with Gasteiger partial charge in [0.15, 0.2) is 0 Å². The molecular weight excluding hydrogens is 202 g/mol. The Kier molecular flexibility index (Phi) is 2.61. The van der Waals surface area contributed by atoms with E-state index in [9.17, 15) is 0 Å². The lowest BCUT2D eigenvalue weighted by Crippen LogP contribution is -2.13. The molecule has 3 heterocycles. The van der Waals surface area contributed by atoms with Gasteiger partial charge in [0.2, 0.25) is 0 Å². The Morgan fingerprint density at radius 3 is 3.12 bits per heavy atom. The van der Waals surface area contributed by atoms with E-state index in [0.29, 0.717) is 6.10 Å². The Labute approximate surface area is 95.4 Å². The number of hydrogen-bond donors (Lipinski definition) is 1. The second-order valence-electron chi connectivity index (χ2n) is 4.59. The summed E-state index contributed by atoms with van der Waals surface area (Å²) < 4.78 is 5.62. The van der Waals surface area contributed by atoms with Crippen LogP contribution in [0.25, 0.3) is 0 Å². The van der Waals surface area contributed by atoms with Gasteiger partial charge in [-0.05, 0) is 19.8 Å². The SMILES string of the molecule is Cc1nc(CC2CCCO2)nc2c1CNC2. The lowest BCUT2D eigenvalue weighted by Gasteiger charge is -2.10. The minimum atomic E-state index is 0.340. The Morgan fingerprint density at radius 1 is 1.38 bits per heavy atom. The molecule has 86 valence electrons. The molecule has 1 atom stereocenters. The van der Waals surface area contributed by atoms with Crippen molar-refractivity contribution in [2.75, 3.05) is 6.61 Å². The van der Waals surface area contributed by atoms with Gasteiger partial charge in [-0.2, -0.15) is 0 Å². The molecule has 1 saturated heterocycles. The fraction of sp³-hybridized carbons (Fsp3) is 0.667. The van der Waals surface area contributed by atoms with Crippen molar-refractivity contribution in [2.24, 2.45) is 0 Å². The molecule has 4 nitrogen and oxygen atoms in total. The van der Waals surface area contributed by atoms with Gasteiger partial charge in [0.1, 0.15) is 5.82 Å². The van der Waals surface area contributed by atoms with Crippen LogP contribution in [0.3, 0.4) is 0 Å². The van der Waals surface area contributed by atoms with Crippen LogP contribution in [0.2, 0.25) is 0 Å². The Balaban J connectivity index is 1.82. The van der Waals surface area contributed by atoms with Gasteiger partial charge in [0.25, 0.3) is 0 Å². The summed E-state index contributed by atoms with van der Waals surface area (Å²) in [6.45, 7) is 4.78. The van der Waals surface area contributed by atoms with Crippen LogP contribution in [0.1, 0.15) is 35.6 Å². The van der Waals surface area contributed by atoms with Crippen molar-refractivity contribution in [1.29, 1.82) is 0 Å². The third kappa shape index (κ3) is 1.83. The lowest BCUT2D eigenvalue weighted by molar-refractivity contribution is 0.110. The molecule has 2 aliphatic rings. The van der Waals surface area contributed by atoms with Crippen molar-refractivity contribution in [3.63, 3.8) is 0 Å². The molecule has 0 radical (unpaired) electrons. The standard InChI is InChI=1S/C12H17N3O/c1-8-10-6-13-7-11(10)15-12(14-8)5-9-3-2-4-16-9/h9,13H,2-7H2,1H3. The number of hydrogen-bond acceptors (Lipinski definition) is 4. The molecule has 0 spiro atoms. The van der Waals surface area contributed by atoms with Crippen LogP contribution in [0.15, 0.2) is 0 Å². The van der Waals surface area contributed by atoms with E-state index in [1.165, 1.54) is 17.7 Å². The van der Waals surface area contributed by atoms with Crippen molar-refractivity contribution in [2.45, 2.75) is 45.4 Å². The van der Waals surface area contributed by atoms with Crippen LogP contribution in [-0.2, 0) is 24.2 Å². The van der Waals surface area contributed by atoms with E-state index in [1.54, 1.807) is 0 Å². The number of aromatic nitrogens is 2. The largest absolute Gasteiger partial charge is 0.378 e. The maximum Gasteiger partial charge on any atom is 0.131 e. The summed E-state index contributed by atoms with van der Waals surface area (Å²) in [5.74, 6) is 0.951. The van der Waals surface area contributed by atoms with Crippen LogP contribution in [0.5, 0.6) is 0 Å². The van der Waals surface area contributed by atoms with Gasteiger partial charge in [-0.3, -0.25) is 0 Å². The summed E-state index contributed by atoms with van der Waals surface area (Å²) in [5.41, 5.74) is 3.60. The minimum Gasteiger partial charge on any atom is -0.378 e. The first kappa shape index (κ1) is 10.2. The van der Waals surface area contributed by atoms with E-state index in [1.807, 2.05) is 0 Å². The average molecular weight is 219 g/mol. The summed E-state index contributed by atoms with van der Waals surface area (Å²) in [6.07, 6.45) is 3.54. The maximum atomic E-state index is 5.62. The molecular formula is C12H17N3O. The number of aryl methyl sites for hydroxylation is 1. The number of nitrogens with one attached hydrogen (secondary N) is 1.